The van der Waals surface area contributed by atoms with Gasteiger partial charge in [-0.25, -0.2) is 4.99 Å². The fourth-order valence-corrected chi connectivity index (χ4v) is 4.34. The highest BCUT2D eigenvalue weighted by molar-refractivity contribution is 7.78. The highest BCUT2D eigenvalue weighted by Gasteiger charge is 2.43. The number of nitrogens with zero attached hydrogens (tertiary/aromatic N) is 3. The second-order valence-corrected chi connectivity index (χ2v) is 8.56. The number of carbonyl (C=O) groups excluding carboxylic acids is 1. The quantitative estimate of drug-likeness (QED) is 0.573. The third kappa shape index (κ3) is 4.99. The smallest absolute Gasteiger partial charge is 0.140 e. The lowest BCUT2D eigenvalue weighted by molar-refractivity contribution is -0.124. The molecule has 0 radical (unpaired) electrons. The highest BCUT2D eigenvalue weighted by atomic mass is 32.1. The minimum absolute atomic E-state index is 0.116. The number of rotatable bonds is 7. The van der Waals surface area contributed by atoms with Crippen LogP contribution in [0, 0.1) is 19.3 Å². The highest BCUT2D eigenvalue weighted by Crippen LogP contribution is 2.44. The Balaban J connectivity index is 2.12. The molecule has 0 aliphatic heterocycles. The molecule has 1 aliphatic rings. The average Bonchev–Trinajstić information content (AvgIpc) is 3.05. The van der Waals surface area contributed by atoms with Crippen molar-refractivity contribution in [2.75, 3.05) is 6.54 Å². The first kappa shape index (κ1) is 23.0. The fourth-order valence-electron chi connectivity index (χ4n) is 4.22. The number of ketones is 1. The van der Waals surface area contributed by atoms with E-state index in [-0.39, 0.29) is 5.78 Å². The van der Waals surface area contributed by atoms with Crippen LogP contribution in [0.5, 0.6) is 0 Å². The summed E-state index contributed by atoms with van der Waals surface area (Å²) in [6.07, 6.45) is 5.38. The summed E-state index contributed by atoms with van der Waals surface area (Å²) in [6.45, 7) is 6.33. The van der Waals surface area contributed by atoms with Gasteiger partial charge in [0.25, 0.3) is 0 Å². The van der Waals surface area contributed by atoms with Gasteiger partial charge in [-0.1, -0.05) is 36.1 Å². The summed E-state index contributed by atoms with van der Waals surface area (Å²) >= 11 is 4.16. The normalized spacial score (nSPS) is 21.5. The summed E-state index contributed by atoms with van der Waals surface area (Å²) < 4.78 is 4.77. The number of nitrogens with one attached hydrogen (secondary N) is 1. The van der Waals surface area contributed by atoms with Crippen molar-refractivity contribution in [2.24, 2.45) is 23.2 Å². The standard InChI is InChI=1S/C24H31N5OS/c1-16-5-7-21(8-6-16)27-23-12-20(9-10-26-31)24(18(3)30,13-19(23)15-25)14-22-11-17(2)28-29(22)4/h5-8,11-12,15,26,31H,9-10,13-14,25H2,1-4H3. The molecule has 0 fully saturated rings. The summed E-state index contributed by atoms with van der Waals surface area (Å²) in [7, 11) is 1.92. The summed E-state index contributed by atoms with van der Waals surface area (Å²) in [4.78, 5) is 18.0. The van der Waals surface area contributed by atoms with Crippen molar-refractivity contribution >= 4 is 30.0 Å². The topological polar surface area (TPSA) is 85.3 Å². The fraction of sp³-hybridized carbons (Fsp3) is 0.375. The molecule has 0 amide bonds. The Kier molecular flexibility index (Phi) is 7.18. The van der Waals surface area contributed by atoms with E-state index in [2.05, 4.69) is 22.6 Å². The molecule has 0 saturated carbocycles. The Morgan fingerprint density at radius 1 is 1.35 bits per heavy atom. The van der Waals surface area contributed by atoms with Crippen LogP contribution < -0.4 is 10.5 Å². The van der Waals surface area contributed by atoms with Crippen LogP contribution in [-0.4, -0.2) is 27.8 Å². The van der Waals surface area contributed by atoms with E-state index in [1.54, 1.807) is 13.1 Å². The second kappa shape index (κ2) is 9.66. The van der Waals surface area contributed by atoms with Crippen molar-refractivity contribution in [2.45, 2.75) is 40.0 Å². The molecule has 3 rings (SSSR count). The molecule has 3 N–H and O–H groups in total. The van der Waals surface area contributed by atoms with Crippen molar-refractivity contribution in [3.63, 3.8) is 0 Å². The number of aryl methyl sites for hydroxylation is 3. The molecule has 2 aromatic rings. The third-order valence-electron chi connectivity index (χ3n) is 5.99. The van der Waals surface area contributed by atoms with E-state index >= 15 is 0 Å². The van der Waals surface area contributed by atoms with E-state index in [9.17, 15) is 4.79 Å². The summed E-state index contributed by atoms with van der Waals surface area (Å²) in [5, 5.41) is 4.47. The van der Waals surface area contributed by atoms with Gasteiger partial charge in [0.15, 0.2) is 0 Å². The molecular formula is C24H31N5OS. The molecule has 1 atom stereocenters. The molecule has 6 nitrogen and oxygen atoms in total. The van der Waals surface area contributed by atoms with Crippen LogP contribution in [0.1, 0.15) is 36.7 Å². The van der Waals surface area contributed by atoms with Crippen LogP contribution in [0.2, 0.25) is 0 Å². The first-order valence-corrected chi connectivity index (χ1v) is 10.9. The van der Waals surface area contributed by atoms with Gasteiger partial charge in [0.05, 0.1) is 22.5 Å². The summed E-state index contributed by atoms with van der Waals surface area (Å²) in [5.74, 6) is 0.116. The molecule has 0 bridgehead atoms. The maximum atomic E-state index is 13.2. The predicted molar refractivity (Wildman–Crippen MR) is 130 cm³/mol. The zero-order valence-corrected chi connectivity index (χ0v) is 19.5. The predicted octanol–water partition coefficient (Wildman–Crippen LogP) is 3.92. The van der Waals surface area contributed by atoms with E-state index < -0.39 is 5.41 Å². The molecule has 1 aromatic carbocycles. The zero-order valence-electron chi connectivity index (χ0n) is 18.6. The molecule has 1 unspecified atom stereocenters. The van der Waals surface area contributed by atoms with Gasteiger partial charge in [-0.3, -0.25) is 14.2 Å². The maximum absolute atomic E-state index is 13.2. The molecular weight excluding hydrogens is 406 g/mol. The van der Waals surface area contributed by atoms with Gasteiger partial charge in [-0.15, -0.1) is 0 Å². The van der Waals surface area contributed by atoms with Crippen LogP contribution >= 0.6 is 12.8 Å². The Labute approximate surface area is 189 Å². The lowest BCUT2D eigenvalue weighted by atomic mass is 9.64. The number of benzene rings is 1. The van der Waals surface area contributed by atoms with Crippen LogP contribution in [0.25, 0.3) is 0 Å². The molecule has 1 heterocycles. The molecule has 1 aromatic heterocycles. The van der Waals surface area contributed by atoms with Crippen molar-refractivity contribution in [3.05, 3.63) is 70.7 Å². The van der Waals surface area contributed by atoms with Gasteiger partial charge < -0.3 is 5.73 Å². The number of aliphatic imine (C=N–C) groups is 1. The lowest BCUT2D eigenvalue weighted by Gasteiger charge is -2.38. The number of nitrogens with two attached hydrogens (primary N) is 1. The monoisotopic (exact) mass is 437 g/mol. The van der Waals surface area contributed by atoms with Crippen LogP contribution in [0.3, 0.4) is 0 Å². The van der Waals surface area contributed by atoms with Crippen molar-refractivity contribution in [1.29, 1.82) is 0 Å². The van der Waals surface area contributed by atoms with Gasteiger partial charge >= 0.3 is 0 Å². The Morgan fingerprint density at radius 2 is 2.06 bits per heavy atom. The molecule has 31 heavy (non-hydrogen) atoms. The van der Waals surface area contributed by atoms with Gasteiger partial charge in [0.1, 0.15) is 5.78 Å². The number of carbonyl (C=O) groups is 1. The number of hydrogen-bond acceptors (Lipinski definition) is 6. The van der Waals surface area contributed by atoms with Gasteiger partial charge in [0, 0.05) is 25.7 Å². The molecule has 1 aliphatic carbocycles. The summed E-state index contributed by atoms with van der Waals surface area (Å²) in [6, 6.07) is 10.1. The van der Waals surface area contributed by atoms with Crippen LogP contribution in [-0.2, 0) is 18.3 Å². The SMILES string of the molecule is CC(=O)C1(Cc2cc(C)nn2C)CC(=CN)C(=Nc2ccc(C)cc2)C=C1CCNS. The Morgan fingerprint density at radius 3 is 2.61 bits per heavy atom. The molecule has 0 saturated heterocycles. The minimum Gasteiger partial charge on any atom is -0.404 e. The van der Waals surface area contributed by atoms with Crippen molar-refractivity contribution < 1.29 is 4.79 Å². The number of thiol groups is 1. The third-order valence-corrected chi connectivity index (χ3v) is 6.22. The number of allylic oxidation sites excluding steroid dienone is 2. The van der Waals surface area contributed by atoms with E-state index in [1.165, 1.54) is 5.56 Å². The van der Waals surface area contributed by atoms with Gasteiger partial charge in [-0.05, 0) is 69.7 Å². The van der Waals surface area contributed by atoms with E-state index in [0.29, 0.717) is 25.8 Å². The largest absolute Gasteiger partial charge is 0.404 e. The number of Topliss-reactive ketones (excluding diaryl/α,β-unsaturated/α-hetero) is 1. The number of aromatic nitrogens is 2. The first-order chi connectivity index (χ1) is 14.8. The number of hydrogen-bond donors (Lipinski definition) is 3. The lowest BCUT2D eigenvalue weighted by Crippen LogP contribution is -2.40. The van der Waals surface area contributed by atoms with E-state index in [0.717, 1.165) is 33.9 Å². The van der Waals surface area contributed by atoms with Crippen LogP contribution in [0.4, 0.5) is 5.69 Å². The maximum Gasteiger partial charge on any atom is 0.140 e. The molecule has 164 valence electrons. The first-order valence-electron chi connectivity index (χ1n) is 10.4. The molecule has 0 spiro atoms. The van der Waals surface area contributed by atoms with Crippen molar-refractivity contribution in [1.82, 2.24) is 14.5 Å². The van der Waals surface area contributed by atoms with E-state index in [1.807, 2.05) is 62.0 Å². The van der Waals surface area contributed by atoms with Crippen molar-refractivity contribution in [3.8, 4) is 0 Å². The minimum atomic E-state index is -0.692. The van der Waals surface area contributed by atoms with Gasteiger partial charge in [-0.2, -0.15) is 5.10 Å². The second-order valence-electron chi connectivity index (χ2n) is 8.24. The Bertz CT molecular complexity index is 1050. The summed E-state index contributed by atoms with van der Waals surface area (Å²) in [5.41, 5.74) is 12.1. The Hall–Kier alpha value is -2.64. The van der Waals surface area contributed by atoms with Gasteiger partial charge in [0.2, 0.25) is 0 Å². The van der Waals surface area contributed by atoms with Crippen LogP contribution in [0.15, 0.2) is 58.7 Å². The molecule has 7 heteroatoms. The zero-order chi connectivity index (χ0) is 22.6. The van der Waals surface area contributed by atoms with E-state index in [4.69, 9.17) is 10.7 Å². The average molecular weight is 438 g/mol.